The van der Waals surface area contributed by atoms with Crippen LogP contribution in [-0.4, -0.2) is 0 Å². The van der Waals surface area contributed by atoms with Gasteiger partial charge in [-0.1, -0.05) is 61.2 Å². The minimum Gasteiger partial charge on any atom is -0.324 e. The summed E-state index contributed by atoms with van der Waals surface area (Å²) in [6.07, 6.45) is 0.969. The van der Waals surface area contributed by atoms with Crippen molar-refractivity contribution in [1.82, 2.24) is 0 Å². The second-order valence-corrected chi connectivity index (χ2v) is 6.34. The van der Waals surface area contributed by atoms with Gasteiger partial charge in [0.2, 0.25) is 0 Å². The highest BCUT2D eigenvalue weighted by Gasteiger charge is 2.04. The van der Waals surface area contributed by atoms with Gasteiger partial charge in [-0.3, -0.25) is 0 Å². The highest BCUT2D eigenvalue weighted by Crippen LogP contribution is 2.30. The van der Waals surface area contributed by atoms with E-state index in [1.54, 1.807) is 11.8 Å². The number of hydrogen-bond acceptors (Lipinski definition) is 2. The summed E-state index contributed by atoms with van der Waals surface area (Å²) in [7, 11) is 0. The lowest BCUT2D eigenvalue weighted by Gasteiger charge is -2.10. The molecule has 0 radical (unpaired) electrons. The second-order valence-electron chi connectivity index (χ2n) is 5.19. The molecule has 0 aliphatic carbocycles. The van der Waals surface area contributed by atoms with E-state index in [1.165, 1.54) is 26.1 Å². The molecule has 0 aliphatic rings. The van der Waals surface area contributed by atoms with Crippen molar-refractivity contribution in [2.45, 2.75) is 29.2 Å². The molecule has 0 saturated heterocycles. The van der Waals surface area contributed by atoms with Gasteiger partial charge in [-0.05, 0) is 47.0 Å². The van der Waals surface area contributed by atoms with Gasteiger partial charge in [-0.15, -0.1) is 0 Å². The number of hydrogen-bond donors (Lipinski definition) is 1. The van der Waals surface area contributed by atoms with E-state index in [0.717, 1.165) is 6.42 Å². The first-order valence-corrected chi connectivity index (χ1v) is 8.10. The average Bonchev–Trinajstić information content (AvgIpc) is 2.55. The third-order valence-corrected chi connectivity index (χ3v) is 4.70. The van der Waals surface area contributed by atoms with Gasteiger partial charge < -0.3 is 5.73 Å². The Morgan fingerprint density at radius 2 is 1.52 bits per heavy atom. The van der Waals surface area contributed by atoms with Crippen molar-refractivity contribution in [2.75, 3.05) is 0 Å². The Kier molecular flexibility index (Phi) is 4.28. The molecule has 0 bridgehead atoms. The molecule has 21 heavy (non-hydrogen) atoms. The van der Waals surface area contributed by atoms with Crippen molar-refractivity contribution < 1.29 is 0 Å². The molecule has 2 heteroatoms. The van der Waals surface area contributed by atoms with Gasteiger partial charge in [0.25, 0.3) is 0 Å². The van der Waals surface area contributed by atoms with Crippen LogP contribution in [0.2, 0.25) is 0 Å². The van der Waals surface area contributed by atoms with E-state index in [2.05, 4.69) is 73.7 Å². The van der Waals surface area contributed by atoms with E-state index in [1.807, 2.05) is 0 Å². The number of benzene rings is 3. The number of nitrogens with two attached hydrogens (primary N) is 1. The standard InChI is InChI=1S/C19H19NS/c1-2-19(20)15-8-10-17(11-9-15)21-18-12-7-14-5-3-4-6-16(14)13-18/h3-13,19H,2,20H2,1H3/t19-/m1/s1. The van der Waals surface area contributed by atoms with Gasteiger partial charge in [-0.2, -0.15) is 0 Å². The first-order valence-electron chi connectivity index (χ1n) is 7.28. The molecule has 1 atom stereocenters. The Labute approximate surface area is 130 Å². The quantitative estimate of drug-likeness (QED) is 0.697. The summed E-state index contributed by atoms with van der Waals surface area (Å²) in [5.74, 6) is 0. The van der Waals surface area contributed by atoms with Crippen molar-refractivity contribution >= 4 is 22.5 Å². The topological polar surface area (TPSA) is 26.0 Å². The SMILES string of the molecule is CC[C@@H](N)c1ccc(Sc2ccc3ccccc3c2)cc1. The molecule has 0 amide bonds. The molecule has 3 rings (SSSR count). The van der Waals surface area contributed by atoms with Crippen LogP contribution in [0.1, 0.15) is 24.9 Å². The summed E-state index contributed by atoms with van der Waals surface area (Å²) in [6, 6.07) is 23.8. The van der Waals surface area contributed by atoms with E-state index in [9.17, 15) is 0 Å². The van der Waals surface area contributed by atoms with E-state index in [-0.39, 0.29) is 6.04 Å². The maximum absolute atomic E-state index is 6.05. The molecule has 0 spiro atoms. The van der Waals surface area contributed by atoms with E-state index in [0.29, 0.717) is 0 Å². The Hall–Kier alpha value is -1.77. The molecule has 0 fully saturated rings. The highest BCUT2D eigenvalue weighted by molar-refractivity contribution is 7.99. The molecule has 0 saturated carbocycles. The summed E-state index contributed by atoms with van der Waals surface area (Å²) >= 11 is 1.79. The normalized spacial score (nSPS) is 12.5. The third kappa shape index (κ3) is 3.29. The van der Waals surface area contributed by atoms with Crippen LogP contribution in [0.25, 0.3) is 10.8 Å². The summed E-state index contributed by atoms with van der Waals surface area (Å²) in [5.41, 5.74) is 7.26. The van der Waals surface area contributed by atoms with Crippen LogP contribution < -0.4 is 5.73 Å². The highest BCUT2D eigenvalue weighted by atomic mass is 32.2. The van der Waals surface area contributed by atoms with Crippen LogP contribution in [-0.2, 0) is 0 Å². The predicted octanol–water partition coefficient (Wildman–Crippen LogP) is 5.40. The Balaban J connectivity index is 1.81. The molecule has 0 aromatic heterocycles. The largest absolute Gasteiger partial charge is 0.324 e. The lowest BCUT2D eigenvalue weighted by atomic mass is 10.1. The van der Waals surface area contributed by atoms with Gasteiger partial charge in [0, 0.05) is 15.8 Å². The first-order chi connectivity index (χ1) is 10.3. The Morgan fingerprint density at radius 3 is 2.24 bits per heavy atom. The fraction of sp³-hybridized carbons (Fsp3) is 0.158. The molecule has 106 valence electrons. The first kappa shape index (κ1) is 14.2. The molecule has 3 aromatic rings. The van der Waals surface area contributed by atoms with Crippen molar-refractivity contribution in [3.05, 3.63) is 72.3 Å². The van der Waals surface area contributed by atoms with Gasteiger partial charge in [0.1, 0.15) is 0 Å². The van der Waals surface area contributed by atoms with Crippen molar-refractivity contribution in [3.8, 4) is 0 Å². The zero-order chi connectivity index (χ0) is 14.7. The fourth-order valence-electron chi connectivity index (χ4n) is 2.39. The van der Waals surface area contributed by atoms with E-state index < -0.39 is 0 Å². The Bertz CT molecular complexity index is 734. The second kappa shape index (κ2) is 6.33. The zero-order valence-electron chi connectivity index (χ0n) is 12.1. The molecule has 0 aliphatic heterocycles. The monoisotopic (exact) mass is 293 g/mol. The van der Waals surface area contributed by atoms with Crippen LogP contribution in [0.15, 0.2) is 76.5 Å². The van der Waals surface area contributed by atoms with Crippen LogP contribution >= 0.6 is 11.8 Å². The average molecular weight is 293 g/mol. The summed E-state index contributed by atoms with van der Waals surface area (Å²) < 4.78 is 0. The van der Waals surface area contributed by atoms with Crippen molar-refractivity contribution in [1.29, 1.82) is 0 Å². The molecule has 2 N–H and O–H groups in total. The van der Waals surface area contributed by atoms with Gasteiger partial charge in [-0.25, -0.2) is 0 Å². The summed E-state index contributed by atoms with van der Waals surface area (Å²) in [5, 5.41) is 2.57. The van der Waals surface area contributed by atoms with Gasteiger partial charge >= 0.3 is 0 Å². The summed E-state index contributed by atoms with van der Waals surface area (Å²) in [4.78, 5) is 2.51. The summed E-state index contributed by atoms with van der Waals surface area (Å²) in [6.45, 7) is 2.11. The minimum absolute atomic E-state index is 0.143. The van der Waals surface area contributed by atoms with Crippen LogP contribution in [0.4, 0.5) is 0 Å². The van der Waals surface area contributed by atoms with Gasteiger partial charge in [0.15, 0.2) is 0 Å². The number of fused-ring (bicyclic) bond motifs is 1. The third-order valence-electron chi connectivity index (χ3n) is 3.70. The minimum atomic E-state index is 0.143. The fourth-order valence-corrected chi connectivity index (χ4v) is 3.25. The lowest BCUT2D eigenvalue weighted by Crippen LogP contribution is -2.07. The molecule has 0 heterocycles. The molecular weight excluding hydrogens is 274 g/mol. The van der Waals surface area contributed by atoms with E-state index in [4.69, 9.17) is 5.73 Å². The smallest absolute Gasteiger partial charge is 0.0292 e. The maximum atomic E-state index is 6.05. The van der Waals surface area contributed by atoms with Crippen LogP contribution in [0.5, 0.6) is 0 Å². The van der Waals surface area contributed by atoms with Crippen molar-refractivity contribution in [2.24, 2.45) is 5.73 Å². The van der Waals surface area contributed by atoms with Crippen LogP contribution in [0.3, 0.4) is 0 Å². The lowest BCUT2D eigenvalue weighted by molar-refractivity contribution is 0.698. The molecular formula is C19H19NS. The molecule has 0 unspecified atom stereocenters. The predicted molar refractivity (Wildman–Crippen MR) is 91.7 cm³/mol. The number of rotatable bonds is 4. The van der Waals surface area contributed by atoms with Crippen molar-refractivity contribution in [3.63, 3.8) is 0 Å². The molecule has 1 nitrogen and oxygen atoms in total. The van der Waals surface area contributed by atoms with Crippen LogP contribution in [0, 0.1) is 0 Å². The van der Waals surface area contributed by atoms with E-state index >= 15 is 0 Å². The zero-order valence-corrected chi connectivity index (χ0v) is 12.9. The van der Waals surface area contributed by atoms with Gasteiger partial charge in [0.05, 0.1) is 0 Å². The maximum Gasteiger partial charge on any atom is 0.0292 e. The molecule has 3 aromatic carbocycles. The Morgan fingerprint density at radius 1 is 0.857 bits per heavy atom.